The van der Waals surface area contributed by atoms with Gasteiger partial charge in [0.1, 0.15) is 0 Å². The van der Waals surface area contributed by atoms with Crippen LogP contribution < -0.4 is 5.32 Å². The van der Waals surface area contributed by atoms with Crippen molar-refractivity contribution >= 4 is 5.91 Å². The van der Waals surface area contributed by atoms with Crippen LogP contribution in [0.25, 0.3) is 0 Å². The van der Waals surface area contributed by atoms with Crippen LogP contribution in [0.2, 0.25) is 0 Å². The van der Waals surface area contributed by atoms with Crippen LogP contribution >= 0.6 is 0 Å². The second-order valence-electron chi connectivity index (χ2n) is 8.59. The molecule has 0 unspecified atom stereocenters. The van der Waals surface area contributed by atoms with E-state index < -0.39 is 0 Å². The third kappa shape index (κ3) is 6.80. The van der Waals surface area contributed by atoms with E-state index in [4.69, 9.17) is 4.74 Å². The molecule has 2 heterocycles. The topological polar surface area (TPSA) is 44.8 Å². The molecule has 0 bridgehead atoms. The zero-order valence-electron chi connectivity index (χ0n) is 18.4. The molecule has 0 aromatic heterocycles. The predicted molar refractivity (Wildman–Crippen MR) is 118 cm³/mol. The average Bonchev–Trinajstić information content (AvgIpc) is 2.76. The van der Waals surface area contributed by atoms with Gasteiger partial charge in [0.25, 0.3) is 0 Å². The Morgan fingerprint density at radius 2 is 1.83 bits per heavy atom. The standard InChI is InChI=1S/C24H39N3O2/c1-3-29-18-6-13-25-24(28)21-9-16-27(17-10-21)23-11-14-26(15-12-23)19-22-8-5-4-7-20(22)2/h4-5,7-8,21,23H,3,6,9-19H2,1-2H3,(H,25,28). The SMILES string of the molecule is CCOCCCNC(=O)C1CCN(C2CCN(Cc3ccccc3C)CC2)CC1. The first kappa shape index (κ1) is 22.3. The lowest BCUT2D eigenvalue weighted by Crippen LogP contribution is -2.49. The minimum atomic E-state index is 0.194. The monoisotopic (exact) mass is 401 g/mol. The second-order valence-corrected chi connectivity index (χ2v) is 8.59. The Kier molecular flexibility index (Phi) is 8.96. The summed E-state index contributed by atoms with van der Waals surface area (Å²) in [6, 6.07) is 9.43. The van der Waals surface area contributed by atoms with Crippen molar-refractivity contribution in [2.24, 2.45) is 5.92 Å². The molecule has 0 radical (unpaired) electrons. The fourth-order valence-corrected chi connectivity index (χ4v) is 4.67. The number of rotatable bonds is 9. The molecule has 1 amide bonds. The molecular weight excluding hydrogens is 362 g/mol. The summed E-state index contributed by atoms with van der Waals surface area (Å²) in [5.74, 6) is 0.439. The van der Waals surface area contributed by atoms with E-state index in [9.17, 15) is 4.79 Å². The van der Waals surface area contributed by atoms with E-state index in [1.165, 1.54) is 37.1 Å². The third-order valence-electron chi connectivity index (χ3n) is 6.60. The van der Waals surface area contributed by atoms with Gasteiger partial charge in [-0.2, -0.15) is 0 Å². The first-order chi connectivity index (χ1) is 14.2. The van der Waals surface area contributed by atoms with Crippen LogP contribution in [0.4, 0.5) is 0 Å². The molecule has 2 aliphatic rings. The Balaban J connectivity index is 1.33. The van der Waals surface area contributed by atoms with Crippen LogP contribution in [0.5, 0.6) is 0 Å². The van der Waals surface area contributed by atoms with Crippen molar-refractivity contribution in [3.05, 3.63) is 35.4 Å². The first-order valence-electron chi connectivity index (χ1n) is 11.5. The van der Waals surface area contributed by atoms with Crippen LogP contribution in [0, 0.1) is 12.8 Å². The van der Waals surface area contributed by atoms with Gasteiger partial charge in [-0.15, -0.1) is 0 Å². The Morgan fingerprint density at radius 3 is 2.52 bits per heavy atom. The molecule has 0 aliphatic carbocycles. The van der Waals surface area contributed by atoms with Crippen LogP contribution in [-0.4, -0.2) is 67.7 Å². The van der Waals surface area contributed by atoms with Gasteiger partial charge in [-0.3, -0.25) is 9.69 Å². The smallest absolute Gasteiger partial charge is 0.223 e. The Labute approximate surface area is 176 Å². The van der Waals surface area contributed by atoms with Crippen LogP contribution in [0.15, 0.2) is 24.3 Å². The van der Waals surface area contributed by atoms with Gasteiger partial charge in [-0.25, -0.2) is 0 Å². The molecular formula is C24H39N3O2. The summed E-state index contributed by atoms with van der Waals surface area (Å²) in [4.78, 5) is 17.6. The number of nitrogens with one attached hydrogen (secondary N) is 1. The minimum Gasteiger partial charge on any atom is -0.382 e. The molecule has 2 fully saturated rings. The normalized spacial score (nSPS) is 20.1. The van der Waals surface area contributed by atoms with Crippen molar-refractivity contribution in [2.75, 3.05) is 45.9 Å². The molecule has 162 valence electrons. The largest absolute Gasteiger partial charge is 0.382 e. The number of carbonyl (C=O) groups excluding carboxylic acids is 1. The summed E-state index contributed by atoms with van der Waals surface area (Å²) in [5, 5.41) is 3.10. The lowest BCUT2D eigenvalue weighted by molar-refractivity contribution is -0.126. The van der Waals surface area contributed by atoms with Crippen LogP contribution in [0.3, 0.4) is 0 Å². The highest BCUT2D eigenvalue weighted by atomic mass is 16.5. The Bertz CT molecular complexity index is 620. The number of benzene rings is 1. The number of likely N-dealkylation sites (tertiary alicyclic amines) is 2. The van der Waals surface area contributed by atoms with Crippen molar-refractivity contribution in [3.8, 4) is 0 Å². The summed E-state index contributed by atoms with van der Waals surface area (Å²) < 4.78 is 5.33. The summed E-state index contributed by atoms with van der Waals surface area (Å²) in [6.45, 7) is 12.0. The molecule has 0 saturated carbocycles. The van der Waals surface area contributed by atoms with Gasteiger partial charge in [-0.1, -0.05) is 24.3 Å². The van der Waals surface area contributed by atoms with E-state index in [1.807, 2.05) is 6.92 Å². The average molecular weight is 402 g/mol. The second kappa shape index (κ2) is 11.7. The molecule has 5 nitrogen and oxygen atoms in total. The molecule has 2 aliphatic heterocycles. The minimum absolute atomic E-state index is 0.194. The Morgan fingerprint density at radius 1 is 1.10 bits per heavy atom. The maximum Gasteiger partial charge on any atom is 0.223 e. The number of ether oxygens (including phenoxy) is 1. The van der Waals surface area contributed by atoms with Gasteiger partial charge in [0.2, 0.25) is 5.91 Å². The number of carbonyl (C=O) groups is 1. The maximum absolute atomic E-state index is 12.4. The van der Waals surface area contributed by atoms with Crippen molar-refractivity contribution in [2.45, 2.75) is 58.5 Å². The van der Waals surface area contributed by atoms with E-state index in [0.29, 0.717) is 6.04 Å². The van der Waals surface area contributed by atoms with E-state index in [2.05, 4.69) is 46.3 Å². The first-order valence-corrected chi connectivity index (χ1v) is 11.5. The number of aryl methyl sites for hydroxylation is 1. The van der Waals surface area contributed by atoms with E-state index in [1.54, 1.807) is 0 Å². The number of hydrogen-bond acceptors (Lipinski definition) is 4. The molecule has 29 heavy (non-hydrogen) atoms. The van der Waals surface area contributed by atoms with Gasteiger partial charge >= 0.3 is 0 Å². The summed E-state index contributed by atoms with van der Waals surface area (Å²) in [7, 11) is 0. The molecule has 2 saturated heterocycles. The highest BCUT2D eigenvalue weighted by Gasteiger charge is 2.30. The Hall–Kier alpha value is -1.43. The highest BCUT2D eigenvalue weighted by molar-refractivity contribution is 5.78. The molecule has 5 heteroatoms. The zero-order chi connectivity index (χ0) is 20.5. The third-order valence-corrected chi connectivity index (χ3v) is 6.60. The van der Waals surface area contributed by atoms with Crippen molar-refractivity contribution < 1.29 is 9.53 Å². The van der Waals surface area contributed by atoms with Crippen molar-refractivity contribution in [3.63, 3.8) is 0 Å². The molecule has 0 spiro atoms. The van der Waals surface area contributed by atoms with Crippen LogP contribution in [0.1, 0.15) is 50.2 Å². The predicted octanol–water partition coefficient (Wildman–Crippen LogP) is 3.21. The number of amides is 1. The maximum atomic E-state index is 12.4. The molecule has 3 rings (SSSR count). The van der Waals surface area contributed by atoms with Gasteiger partial charge in [0.15, 0.2) is 0 Å². The quantitative estimate of drug-likeness (QED) is 0.646. The number of piperidine rings is 2. The van der Waals surface area contributed by atoms with Crippen molar-refractivity contribution in [1.82, 2.24) is 15.1 Å². The van der Waals surface area contributed by atoms with Crippen molar-refractivity contribution in [1.29, 1.82) is 0 Å². The fourth-order valence-electron chi connectivity index (χ4n) is 4.67. The summed E-state index contributed by atoms with van der Waals surface area (Å²) >= 11 is 0. The van der Waals surface area contributed by atoms with E-state index in [0.717, 1.165) is 58.7 Å². The van der Waals surface area contributed by atoms with Gasteiger partial charge in [-0.05, 0) is 83.3 Å². The van der Waals surface area contributed by atoms with Gasteiger partial charge in [0, 0.05) is 38.3 Å². The molecule has 0 atom stereocenters. The van der Waals surface area contributed by atoms with E-state index in [-0.39, 0.29) is 11.8 Å². The lowest BCUT2D eigenvalue weighted by atomic mass is 9.92. The molecule has 1 N–H and O–H groups in total. The van der Waals surface area contributed by atoms with E-state index >= 15 is 0 Å². The lowest BCUT2D eigenvalue weighted by Gasteiger charge is -2.41. The summed E-state index contributed by atoms with van der Waals surface area (Å²) in [6.07, 6.45) is 5.40. The van der Waals surface area contributed by atoms with Gasteiger partial charge < -0.3 is 15.0 Å². The molecule has 1 aromatic carbocycles. The molecule has 1 aromatic rings. The highest BCUT2D eigenvalue weighted by Crippen LogP contribution is 2.25. The van der Waals surface area contributed by atoms with Crippen LogP contribution in [-0.2, 0) is 16.1 Å². The zero-order valence-corrected chi connectivity index (χ0v) is 18.4. The fraction of sp³-hybridized carbons (Fsp3) is 0.708. The number of hydrogen-bond donors (Lipinski definition) is 1. The summed E-state index contributed by atoms with van der Waals surface area (Å²) in [5.41, 5.74) is 2.85. The number of nitrogens with zero attached hydrogens (tertiary/aromatic N) is 2. The van der Waals surface area contributed by atoms with Gasteiger partial charge in [0.05, 0.1) is 0 Å².